The van der Waals surface area contributed by atoms with Crippen molar-refractivity contribution in [1.29, 1.82) is 0 Å². The summed E-state index contributed by atoms with van der Waals surface area (Å²) in [6, 6.07) is 7.63. The molecule has 2 heterocycles. The number of allylic oxidation sites excluding steroid dienone is 4. The van der Waals surface area contributed by atoms with E-state index in [4.69, 9.17) is 4.74 Å². The topological polar surface area (TPSA) is 68.5 Å². The maximum atomic E-state index is 12.4. The third kappa shape index (κ3) is 3.53. The predicted molar refractivity (Wildman–Crippen MR) is 93.9 cm³/mol. The third-order valence-corrected chi connectivity index (χ3v) is 3.37. The van der Waals surface area contributed by atoms with E-state index >= 15 is 0 Å². The second kappa shape index (κ2) is 6.31. The van der Waals surface area contributed by atoms with E-state index in [0.29, 0.717) is 6.42 Å². The highest BCUT2D eigenvalue weighted by molar-refractivity contribution is 5.90. The van der Waals surface area contributed by atoms with Crippen LogP contribution in [0.3, 0.4) is 0 Å². The average molecular weight is 324 g/mol. The molecule has 1 aromatic heterocycles. The van der Waals surface area contributed by atoms with Gasteiger partial charge in [-0.25, -0.2) is 4.79 Å². The molecule has 124 valence electrons. The molecule has 0 saturated carbocycles. The van der Waals surface area contributed by atoms with Crippen molar-refractivity contribution in [3.05, 3.63) is 53.9 Å². The van der Waals surface area contributed by atoms with Gasteiger partial charge in [-0.15, -0.1) is 0 Å². The van der Waals surface area contributed by atoms with Crippen molar-refractivity contribution >= 4 is 23.2 Å². The molecular formula is C18H20N4O2. The van der Waals surface area contributed by atoms with Gasteiger partial charge in [0, 0.05) is 23.7 Å². The smallest absolute Gasteiger partial charge is 0.435 e. The number of aromatic nitrogens is 2. The minimum Gasteiger partial charge on any atom is -0.442 e. The standard InChI is InChI=1S/C18H20N4O2/c1-18(2,3)24-17(23)22-16-10-5-4-9-14(16)15(21-22)12-13-8-6-7-11-19-20-13/h4-11,20H,12H2,1-3H3. The van der Waals surface area contributed by atoms with Crippen LogP contribution in [0, 0.1) is 0 Å². The molecule has 0 fully saturated rings. The number of para-hydroxylation sites is 1. The SMILES string of the molecule is CC(C)(C)OC(=O)n1nc(CC2=CC=CC=NN2)c2ccccc21. The molecular weight excluding hydrogens is 304 g/mol. The molecule has 3 rings (SSSR count). The fourth-order valence-corrected chi connectivity index (χ4v) is 2.41. The summed E-state index contributed by atoms with van der Waals surface area (Å²) in [7, 11) is 0. The Morgan fingerprint density at radius 2 is 2.04 bits per heavy atom. The zero-order chi connectivity index (χ0) is 17.2. The lowest BCUT2D eigenvalue weighted by Crippen LogP contribution is -2.27. The average Bonchev–Trinajstić information content (AvgIpc) is 2.68. The van der Waals surface area contributed by atoms with Gasteiger partial charge >= 0.3 is 6.09 Å². The number of nitrogens with zero attached hydrogens (tertiary/aromatic N) is 3. The number of fused-ring (bicyclic) bond motifs is 1. The van der Waals surface area contributed by atoms with E-state index in [-0.39, 0.29) is 0 Å². The van der Waals surface area contributed by atoms with Crippen molar-refractivity contribution in [2.75, 3.05) is 0 Å². The molecule has 6 heteroatoms. The first-order valence-electron chi connectivity index (χ1n) is 7.79. The van der Waals surface area contributed by atoms with Crippen LogP contribution in [-0.2, 0) is 11.2 Å². The van der Waals surface area contributed by atoms with Gasteiger partial charge in [0.05, 0.1) is 11.2 Å². The van der Waals surface area contributed by atoms with Gasteiger partial charge in [0.2, 0.25) is 0 Å². The number of rotatable bonds is 2. The molecule has 6 nitrogen and oxygen atoms in total. The molecule has 0 aliphatic carbocycles. The third-order valence-electron chi connectivity index (χ3n) is 3.37. The summed E-state index contributed by atoms with van der Waals surface area (Å²) in [6.45, 7) is 5.51. The highest BCUT2D eigenvalue weighted by Gasteiger charge is 2.22. The summed E-state index contributed by atoms with van der Waals surface area (Å²) in [5.74, 6) is 0. The van der Waals surface area contributed by atoms with Gasteiger partial charge in [-0.1, -0.05) is 24.3 Å². The zero-order valence-corrected chi connectivity index (χ0v) is 14.0. The lowest BCUT2D eigenvalue weighted by Gasteiger charge is -2.19. The number of carbonyl (C=O) groups excluding carboxylic acids is 1. The molecule has 0 bridgehead atoms. The number of hydrazone groups is 1. The molecule has 2 aromatic rings. The lowest BCUT2D eigenvalue weighted by atomic mass is 10.1. The van der Waals surface area contributed by atoms with Crippen LogP contribution >= 0.6 is 0 Å². The predicted octanol–water partition coefficient (Wildman–Crippen LogP) is 3.39. The second-order valence-corrected chi connectivity index (χ2v) is 6.50. The Morgan fingerprint density at radius 3 is 2.83 bits per heavy atom. The first-order valence-corrected chi connectivity index (χ1v) is 7.79. The molecule has 0 atom stereocenters. The Labute approximate surface area is 140 Å². The van der Waals surface area contributed by atoms with Crippen molar-refractivity contribution in [3.63, 3.8) is 0 Å². The van der Waals surface area contributed by atoms with Crippen LogP contribution in [0.1, 0.15) is 26.5 Å². The van der Waals surface area contributed by atoms with E-state index < -0.39 is 11.7 Å². The van der Waals surface area contributed by atoms with E-state index in [0.717, 1.165) is 22.3 Å². The van der Waals surface area contributed by atoms with Crippen molar-refractivity contribution in [2.45, 2.75) is 32.8 Å². The Morgan fingerprint density at radius 1 is 1.25 bits per heavy atom. The van der Waals surface area contributed by atoms with Crippen molar-refractivity contribution in [3.8, 4) is 0 Å². The summed E-state index contributed by atoms with van der Waals surface area (Å²) < 4.78 is 6.78. The van der Waals surface area contributed by atoms with Crippen LogP contribution in [0.5, 0.6) is 0 Å². The summed E-state index contributed by atoms with van der Waals surface area (Å²) in [4.78, 5) is 12.4. The monoisotopic (exact) mass is 324 g/mol. The molecule has 24 heavy (non-hydrogen) atoms. The number of ether oxygens (including phenoxy) is 1. The number of hydrogen-bond donors (Lipinski definition) is 1. The van der Waals surface area contributed by atoms with Crippen LogP contribution in [0.4, 0.5) is 4.79 Å². The summed E-state index contributed by atoms with van der Waals surface area (Å²) in [5.41, 5.74) is 4.83. The molecule has 1 aliphatic rings. The molecule has 1 aromatic carbocycles. The number of carbonyl (C=O) groups is 1. The van der Waals surface area contributed by atoms with Gasteiger partial charge in [0.15, 0.2) is 0 Å². The van der Waals surface area contributed by atoms with E-state index in [9.17, 15) is 4.79 Å². The summed E-state index contributed by atoms with van der Waals surface area (Å²) in [5, 5.41) is 9.47. The first-order chi connectivity index (χ1) is 11.4. The highest BCUT2D eigenvalue weighted by atomic mass is 16.6. The number of nitrogens with one attached hydrogen (secondary N) is 1. The maximum absolute atomic E-state index is 12.4. The fraction of sp³-hybridized carbons (Fsp3) is 0.278. The summed E-state index contributed by atoms with van der Waals surface area (Å²) >= 11 is 0. The second-order valence-electron chi connectivity index (χ2n) is 6.50. The van der Waals surface area contributed by atoms with Crippen molar-refractivity contribution in [1.82, 2.24) is 15.2 Å². The van der Waals surface area contributed by atoms with Crippen LogP contribution in [0.25, 0.3) is 10.9 Å². The zero-order valence-electron chi connectivity index (χ0n) is 14.0. The minimum absolute atomic E-state index is 0.481. The van der Waals surface area contributed by atoms with Gasteiger partial charge in [-0.3, -0.25) is 5.43 Å². The number of benzene rings is 1. The van der Waals surface area contributed by atoms with Gasteiger partial charge < -0.3 is 4.74 Å². The van der Waals surface area contributed by atoms with E-state index in [1.54, 1.807) is 6.21 Å². The molecule has 0 spiro atoms. The number of hydrogen-bond acceptors (Lipinski definition) is 5. The van der Waals surface area contributed by atoms with Crippen molar-refractivity contribution < 1.29 is 9.53 Å². The quantitative estimate of drug-likeness (QED) is 0.919. The first kappa shape index (κ1) is 16.0. The molecule has 1 N–H and O–H groups in total. The van der Waals surface area contributed by atoms with Gasteiger partial charge in [0.25, 0.3) is 0 Å². The largest absolute Gasteiger partial charge is 0.442 e. The van der Waals surface area contributed by atoms with Crippen molar-refractivity contribution in [2.24, 2.45) is 5.10 Å². The Balaban J connectivity index is 1.97. The molecule has 0 amide bonds. The van der Waals surface area contributed by atoms with Gasteiger partial charge in [0.1, 0.15) is 5.60 Å². The fourth-order valence-electron chi connectivity index (χ4n) is 2.41. The Hall–Kier alpha value is -2.89. The van der Waals surface area contributed by atoms with E-state index in [1.807, 2.05) is 63.3 Å². The lowest BCUT2D eigenvalue weighted by molar-refractivity contribution is 0.0522. The molecule has 0 radical (unpaired) electrons. The van der Waals surface area contributed by atoms with Crippen LogP contribution in [0.2, 0.25) is 0 Å². The molecule has 0 unspecified atom stereocenters. The minimum atomic E-state index is -0.574. The van der Waals surface area contributed by atoms with Gasteiger partial charge in [-0.2, -0.15) is 14.9 Å². The highest BCUT2D eigenvalue weighted by Crippen LogP contribution is 2.22. The van der Waals surface area contributed by atoms with Crippen LogP contribution in [-0.4, -0.2) is 27.7 Å². The maximum Gasteiger partial charge on any atom is 0.435 e. The molecule has 0 saturated heterocycles. The van der Waals surface area contributed by atoms with Gasteiger partial charge in [-0.05, 0) is 39.0 Å². The van der Waals surface area contributed by atoms with E-state index in [1.165, 1.54) is 4.68 Å². The van der Waals surface area contributed by atoms with E-state index in [2.05, 4.69) is 15.6 Å². The normalized spacial score (nSPS) is 14.2. The van der Waals surface area contributed by atoms with Crippen LogP contribution < -0.4 is 5.43 Å². The molecule has 1 aliphatic heterocycles. The van der Waals surface area contributed by atoms with Crippen LogP contribution in [0.15, 0.2) is 53.3 Å². The summed E-state index contributed by atoms with van der Waals surface area (Å²) in [6.07, 6.45) is 7.43. The Kier molecular flexibility index (Phi) is 4.20. The Bertz CT molecular complexity index is 854.